The molecule has 124 valence electrons. The molecule has 0 spiro atoms. The fourth-order valence-corrected chi connectivity index (χ4v) is 2.88. The molecule has 0 aliphatic carbocycles. The minimum Gasteiger partial charge on any atom is -0.340 e. The van der Waals surface area contributed by atoms with Crippen molar-refractivity contribution in [3.8, 4) is 0 Å². The van der Waals surface area contributed by atoms with Crippen molar-refractivity contribution in [2.24, 2.45) is 7.05 Å². The summed E-state index contributed by atoms with van der Waals surface area (Å²) >= 11 is 0. The van der Waals surface area contributed by atoms with Crippen LogP contribution in [0.3, 0.4) is 0 Å². The SMILES string of the molecule is Cc1nc2n(n1)C[C@H](NCC(=O)N(C)Cc1cnn(C)c1)CC2. The number of aryl methyl sites for hydroxylation is 3. The first-order valence-corrected chi connectivity index (χ1v) is 7.86. The summed E-state index contributed by atoms with van der Waals surface area (Å²) in [5.41, 5.74) is 1.03. The molecule has 1 N–H and O–H groups in total. The van der Waals surface area contributed by atoms with E-state index in [4.69, 9.17) is 0 Å². The number of nitrogens with zero attached hydrogens (tertiary/aromatic N) is 6. The number of amides is 1. The zero-order valence-corrected chi connectivity index (χ0v) is 13.9. The monoisotopic (exact) mass is 317 g/mol. The number of likely N-dealkylation sites (N-methyl/N-ethyl adjacent to an activating group) is 1. The van der Waals surface area contributed by atoms with E-state index in [1.54, 1.807) is 15.8 Å². The smallest absolute Gasteiger partial charge is 0.236 e. The molecule has 1 aliphatic rings. The molecule has 1 amide bonds. The topological polar surface area (TPSA) is 80.9 Å². The Labute approximate surface area is 135 Å². The van der Waals surface area contributed by atoms with Gasteiger partial charge in [-0.15, -0.1) is 0 Å². The van der Waals surface area contributed by atoms with Crippen molar-refractivity contribution in [2.45, 2.75) is 38.9 Å². The highest BCUT2D eigenvalue weighted by atomic mass is 16.2. The van der Waals surface area contributed by atoms with E-state index in [1.165, 1.54) is 0 Å². The quantitative estimate of drug-likeness (QED) is 0.832. The molecule has 0 bridgehead atoms. The highest BCUT2D eigenvalue weighted by Gasteiger charge is 2.21. The lowest BCUT2D eigenvalue weighted by atomic mass is 10.1. The molecular weight excluding hydrogens is 294 g/mol. The van der Waals surface area contributed by atoms with E-state index in [-0.39, 0.29) is 11.9 Å². The molecule has 2 aromatic heterocycles. The first-order chi connectivity index (χ1) is 11.0. The van der Waals surface area contributed by atoms with Crippen LogP contribution in [0.2, 0.25) is 0 Å². The normalized spacial score (nSPS) is 17.1. The third-order valence-corrected chi connectivity index (χ3v) is 4.11. The van der Waals surface area contributed by atoms with Crippen molar-refractivity contribution in [1.82, 2.24) is 34.8 Å². The summed E-state index contributed by atoms with van der Waals surface area (Å²) in [6.45, 7) is 3.59. The molecule has 8 nitrogen and oxygen atoms in total. The van der Waals surface area contributed by atoms with Gasteiger partial charge in [-0.2, -0.15) is 10.2 Å². The summed E-state index contributed by atoms with van der Waals surface area (Å²) in [6.07, 6.45) is 5.59. The molecule has 3 heterocycles. The van der Waals surface area contributed by atoms with Gasteiger partial charge in [-0.05, 0) is 13.3 Å². The van der Waals surface area contributed by atoms with Gasteiger partial charge in [0, 0.05) is 44.9 Å². The average molecular weight is 317 g/mol. The average Bonchev–Trinajstić information content (AvgIpc) is 3.08. The molecular formula is C15H23N7O. The summed E-state index contributed by atoms with van der Waals surface area (Å²) in [5.74, 6) is 1.93. The summed E-state index contributed by atoms with van der Waals surface area (Å²) in [5, 5.41) is 11.8. The van der Waals surface area contributed by atoms with Crippen molar-refractivity contribution in [2.75, 3.05) is 13.6 Å². The first kappa shape index (κ1) is 15.7. The van der Waals surface area contributed by atoms with Crippen molar-refractivity contribution < 1.29 is 4.79 Å². The zero-order valence-electron chi connectivity index (χ0n) is 13.9. The number of aromatic nitrogens is 5. The number of hydrogen-bond acceptors (Lipinski definition) is 5. The summed E-state index contributed by atoms with van der Waals surface area (Å²) < 4.78 is 3.69. The molecule has 2 aromatic rings. The maximum atomic E-state index is 12.2. The van der Waals surface area contributed by atoms with Crippen LogP contribution in [0.25, 0.3) is 0 Å². The van der Waals surface area contributed by atoms with Crippen molar-refractivity contribution >= 4 is 5.91 Å². The van der Waals surface area contributed by atoms with E-state index in [0.717, 1.165) is 36.6 Å². The van der Waals surface area contributed by atoms with Gasteiger partial charge in [0.15, 0.2) is 0 Å². The highest BCUT2D eigenvalue weighted by Crippen LogP contribution is 2.12. The lowest BCUT2D eigenvalue weighted by molar-refractivity contribution is -0.129. The standard InChI is InChI=1S/C15H23N7O/c1-11-18-14-5-4-13(10-22(14)19-11)16-7-15(23)20(2)8-12-6-17-21(3)9-12/h6,9,13,16H,4-5,7-8,10H2,1-3H3/t13-/m1/s1. The Bertz CT molecular complexity index is 690. The second kappa shape index (κ2) is 6.49. The summed E-state index contributed by atoms with van der Waals surface area (Å²) in [4.78, 5) is 18.4. The molecule has 0 saturated carbocycles. The second-order valence-electron chi connectivity index (χ2n) is 6.15. The van der Waals surface area contributed by atoms with Crippen molar-refractivity contribution in [3.05, 3.63) is 29.6 Å². The van der Waals surface area contributed by atoms with Gasteiger partial charge in [0.05, 0.1) is 19.3 Å². The minimum atomic E-state index is 0.0782. The van der Waals surface area contributed by atoms with Gasteiger partial charge in [0.25, 0.3) is 0 Å². The van der Waals surface area contributed by atoms with Crippen LogP contribution in [0.1, 0.15) is 23.6 Å². The van der Waals surface area contributed by atoms with Crippen LogP contribution in [0.4, 0.5) is 0 Å². The van der Waals surface area contributed by atoms with Crippen LogP contribution in [0.5, 0.6) is 0 Å². The van der Waals surface area contributed by atoms with Gasteiger partial charge >= 0.3 is 0 Å². The van der Waals surface area contributed by atoms with E-state index < -0.39 is 0 Å². The Morgan fingerprint density at radius 3 is 3.09 bits per heavy atom. The van der Waals surface area contributed by atoms with Gasteiger partial charge < -0.3 is 10.2 Å². The highest BCUT2D eigenvalue weighted by molar-refractivity contribution is 5.78. The van der Waals surface area contributed by atoms with Gasteiger partial charge in [-0.3, -0.25) is 9.48 Å². The Morgan fingerprint density at radius 1 is 1.52 bits per heavy atom. The van der Waals surface area contributed by atoms with Crippen LogP contribution >= 0.6 is 0 Å². The van der Waals surface area contributed by atoms with E-state index >= 15 is 0 Å². The largest absolute Gasteiger partial charge is 0.340 e. The van der Waals surface area contributed by atoms with E-state index in [0.29, 0.717) is 13.1 Å². The summed E-state index contributed by atoms with van der Waals surface area (Å²) in [6, 6.07) is 0.263. The second-order valence-corrected chi connectivity index (χ2v) is 6.15. The zero-order chi connectivity index (χ0) is 16.4. The molecule has 0 aromatic carbocycles. The Hall–Kier alpha value is -2.22. The Morgan fingerprint density at radius 2 is 2.35 bits per heavy atom. The van der Waals surface area contributed by atoms with Crippen LogP contribution < -0.4 is 5.32 Å². The van der Waals surface area contributed by atoms with Gasteiger partial charge in [-0.1, -0.05) is 0 Å². The fraction of sp³-hybridized carbons (Fsp3) is 0.600. The lowest BCUT2D eigenvalue weighted by Crippen LogP contribution is -2.43. The maximum absolute atomic E-state index is 12.2. The predicted octanol–water partition coefficient (Wildman–Crippen LogP) is -0.117. The van der Waals surface area contributed by atoms with Gasteiger partial charge in [0.1, 0.15) is 11.6 Å². The van der Waals surface area contributed by atoms with Crippen LogP contribution in [0, 0.1) is 6.92 Å². The van der Waals surface area contributed by atoms with Gasteiger partial charge in [0.2, 0.25) is 5.91 Å². The van der Waals surface area contributed by atoms with Crippen LogP contribution in [-0.4, -0.2) is 55.0 Å². The first-order valence-electron chi connectivity index (χ1n) is 7.86. The molecule has 1 atom stereocenters. The Balaban J connectivity index is 1.47. The Kier molecular flexibility index (Phi) is 4.42. The summed E-state index contributed by atoms with van der Waals surface area (Å²) in [7, 11) is 3.69. The molecule has 0 radical (unpaired) electrons. The van der Waals surface area contributed by atoms with Crippen molar-refractivity contribution in [3.63, 3.8) is 0 Å². The van der Waals surface area contributed by atoms with Crippen molar-refractivity contribution in [1.29, 1.82) is 0 Å². The predicted molar refractivity (Wildman–Crippen MR) is 84.6 cm³/mol. The molecule has 0 unspecified atom stereocenters. The molecule has 1 aliphatic heterocycles. The molecule has 0 fully saturated rings. The minimum absolute atomic E-state index is 0.0782. The molecule has 0 saturated heterocycles. The van der Waals surface area contributed by atoms with Crippen LogP contribution in [0.15, 0.2) is 12.4 Å². The molecule has 3 rings (SSSR count). The number of nitrogens with one attached hydrogen (secondary N) is 1. The molecule has 23 heavy (non-hydrogen) atoms. The van der Waals surface area contributed by atoms with Gasteiger partial charge in [-0.25, -0.2) is 9.67 Å². The number of hydrogen-bond donors (Lipinski definition) is 1. The van der Waals surface area contributed by atoms with Crippen LogP contribution in [-0.2, 0) is 31.4 Å². The fourth-order valence-electron chi connectivity index (χ4n) is 2.88. The molecule has 8 heteroatoms. The number of carbonyl (C=O) groups is 1. The third kappa shape index (κ3) is 3.76. The van der Waals surface area contributed by atoms with E-state index in [9.17, 15) is 4.79 Å². The van der Waals surface area contributed by atoms with E-state index in [2.05, 4.69) is 20.5 Å². The maximum Gasteiger partial charge on any atom is 0.236 e. The number of rotatable bonds is 5. The third-order valence-electron chi connectivity index (χ3n) is 4.11. The lowest BCUT2D eigenvalue weighted by Gasteiger charge is -2.24. The van der Waals surface area contributed by atoms with E-state index in [1.807, 2.05) is 31.9 Å². The number of fused-ring (bicyclic) bond motifs is 1. The number of carbonyl (C=O) groups excluding carboxylic acids is 1.